The van der Waals surface area contributed by atoms with Crippen molar-refractivity contribution in [3.63, 3.8) is 0 Å². The van der Waals surface area contributed by atoms with Crippen LogP contribution in [0.1, 0.15) is 5.56 Å². The molecule has 13 heteroatoms. The van der Waals surface area contributed by atoms with Crippen molar-refractivity contribution in [2.45, 2.75) is 6.54 Å². The second-order valence-electron chi connectivity index (χ2n) is 4.97. The summed E-state index contributed by atoms with van der Waals surface area (Å²) in [6.45, 7) is 0.223. The third kappa shape index (κ3) is 3.56. The minimum atomic E-state index is -0.539. The molecule has 0 saturated heterocycles. The van der Waals surface area contributed by atoms with E-state index in [0.29, 0.717) is 10.8 Å². The second-order valence-corrected chi connectivity index (χ2v) is 5.92. The molecule has 12 nitrogen and oxygen atoms in total. The Hall–Kier alpha value is -3.61. The van der Waals surface area contributed by atoms with Crippen molar-refractivity contribution in [2.24, 2.45) is 17.3 Å². The molecule has 2 heterocycles. The van der Waals surface area contributed by atoms with Gasteiger partial charge in [-0.1, -0.05) is 23.5 Å². The van der Waals surface area contributed by atoms with Crippen LogP contribution in [0, 0.1) is 20.2 Å². The molecule has 0 N–H and O–H groups in total. The van der Waals surface area contributed by atoms with Crippen molar-refractivity contribution in [1.29, 1.82) is 0 Å². The van der Waals surface area contributed by atoms with E-state index >= 15 is 0 Å². The van der Waals surface area contributed by atoms with Crippen molar-refractivity contribution in [3.05, 3.63) is 56.3 Å². The van der Waals surface area contributed by atoms with Gasteiger partial charge in [0.1, 0.15) is 6.20 Å². The molecule has 132 valence electrons. The maximum atomic E-state index is 10.8. The van der Waals surface area contributed by atoms with Gasteiger partial charge in [0.2, 0.25) is 5.01 Å². The van der Waals surface area contributed by atoms with E-state index in [1.807, 2.05) is 0 Å². The Kier molecular flexibility index (Phi) is 4.70. The number of azo groups is 1. The van der Waals surface area contributed by atoms with Crippen LogP contribution in [0.25, 0.3) is 10.8 Å². The van der Waals surface area contributed by atoms with Crippen LogP contribution in [0.2, 0.25) is 0 Å². The van der Waals surface area contributed by atoms with Crippen LogP contribution in [0.3, 0.4) is 0 Å². The van der Waals surface area contributed by atoms with E-state index in [1.54, 1.807) is 12.1 Å². The number of hydrogen-bond acceptors (Lipinski definition) is 10. The number of aromatic nitrogens is 4. The predicted molar refractivity (Wildman–Crippen MR) is 90.1 cm³/mol. The van der Waals surface area contributed by atoms with E-state index in [9.17, 15) is 20.2 Å². The molecule has 26 heavy (non-hydrogen) atoms. The molecule has 0 aliphatic carbocycles. The third-order valence-corrected chi connectivity index (χ3v) is 4.12. The zero-order valence-corrected chi connectivity index (χ0v) is 14.0. The highest BCUT2D eigenvalue weighted by molar-refractivity contribution is 7.18. The number of nitro benzene ring substituents is 1. The van der Waals surface area contributed by atoms with Crippen molar-refractivity contribution >= 4 is 28.0 Å². The number of imidazole rings is 1. The molecular formula is C13H10N8O4S. The molecule has 3 aromatic rings. The van der Waals surface area contributed by atoms with Gasteiger partial charge >= 0.3 is 5.82 Å². The molecule has 3 rings (SSSR count). The standard InChI is InChI=1S/C13H10N8O4S/c1-19-10(21(24)25)7-14-11(19)12-16-18-13(26-12)17-15-6-8-2-4-9(5-3-8)20(22)23/h2-5,7H,6H2,1H3. The summed E-state index contributed by atoms with van der Waals surface area (Å²) in [5.41, 5.74) is 0.757. The van der Waals surface area contributed by atoms with Gasteiger partial charge in [-0.05, 0) is 10.5 Å². The summed E-state index contributed by atoms with van der Waals surface area (Å²) < 4.78 is 1.30. The molecule has 0 aliphatic heterocycles. The maximum Gasteiger partial charge on any atom is 0.342 e. The first-order valence-electron chi connectivity index (χ1n) is 7.06. The lowest BCUT2D eigenvalue weighted by Gasteiger charge is -1.94. The second kappa shape index (κ2) is 7.10. The van der Waals surface area contributed by atoms with Crippen LogP contribution in [-0.2, 0) is 13.6 Å². The Balaban J connectivity index is 1.69. The SMILES string of the molecule is Cn1c([N+](=O)[O-])cnc1-c1nnc(N=NCc2ccc([N+](=O)[O-])cc2)s1. The van der Waals surface area contributed by atoms with Gasteiger partial charge in [-0.25, -0.2) is 9.55 Å². The van der Waals surface area contributed by atoms with E-state index in [1.165, 1.54) is 23.7 Å². The van der Waals surface area contributed by atoms with Crippen molar-refractivity contribution in [2.75, 3.05) is 0 Å². The third-order valence-electron chi connectivity index (χ3n) is 3.31. The van der Waals surface area contributed by atoms with E-state index < -0.39 is 9.85 Å². The van der Waals surface area contributed by atoms with Crippen LogP contribution in [-0.4, -0.2) is 29.6 Å². The average molecular weight is 374 g/mol. The molecule has 0 bridgehead atoms. The molecule has 0 fully saturated rings. The summed E-state index contributed by atoms with van der Waals surface area (Å²) >= 11 is 1.09. The van der Waals surface area contributed by atoms with Gasteiger partial charge in [-0.2, -0.15) is 5.11 Å². The fraction of sp³-hybridized carbons (Fsp3) is 0.154. The molecule has 2 aromatic heterocycles. The molecule has 0 spiro atoms. The Morgan fingerprint density at radius 3 is 2.50 bits per heavy atom. The minimum absolute atomic E-state index is 0.00335. The summed E-state index contributed by atoms with van der Waals surface area (Å²) in [5.74, 6) is 0.155. The smallest absolute Gasteiger partial charge is 0.342 e. The van der Waals surface area contributed by atoms with Crippen LogP contribution in [0.5, 0.6) is 0 Å². The Labute approximate surface area is 149 Å². The lowest BCUT2D eigenvalue weighted by molar-refractivity contribution is -0.391. The van der Waals surface area contributed by atoms with Gasteiger partial charge < -0.3 is 10.1 Å². The van der Waals surface area contributed by atoms with E-state index in [2.05, 4.69) is 25.4 Å². The number of rotatable bonds is 6. The molecule has 0 radical (unpaired) electrons. The summed E-state index contributed by atoms with van der Waals surface area (Å²) in [6, 6.07) is 5.97. The normalized spacial score (nSPS) is 11.1. The Bertz CT molecular complexity index is 994. The lowest BCUT2D eigenvalue weighted by atomic mass is 10.2. The van der Waals surface area contributed by atoms with E-state index in [4.69, 9.17) is 0 Å². The van der Waals surface area contributed by atoms with Gasteiger partial charge in [-0.3, -0.25) is 10.1 Å². The van der Waals surface area contributed by atoms with Gasteiger partial charge in [0.15, 0.2) is 0 Å². The summed E-state index contributed by atoms with van der Waals surface area (Å²) in [5, 5.41) is 37.8. The number of nitro groups is 2. The van der Waals surface area contributed by atoms with E-state index in [-0.39, 0.29) is 23.2 Å². The highest BCUT2D eigenvalue weighted by atomic mass is 32.1. The van der Waals surface area contributed by atoms with Crippen LogP contribution < -0.4 is 0 Å². The van der Waals surface area contributed by atoms with Gasteiger partial charge in [-0.15, -0.1) is 15.3 Å². The first kappa shape index (κ1) is 17.2. The zero-order valence-electron chi connectivity index (χ0n) is 13.2. The molecule has 0 unspecified atom stereocenters. The molecule has 0 saturated carbocycles. The highest BCUT2D eigenvalue weighted by Crippen LogP contribution is 2.29. The summed E-state index contributed by atoms with van der Waals surface area (Å²) in [7, 11) is 1.51. The fourth-order valence-electron chi connectivity index (χ4n) is 2.02. The van der Waals surface area contributed by atoms with Gasteiger partial charge in [0.25, 0.3) is 16.6 Å². The van der Waals surface area contributed by atoms with Gasteiger partial charge in [0, 0.05) is 12.1 Å². The van der Waals surface area contributed by atoms with Gasteiger partial charge in [0.05, 0.1) is 18.5 Å². The number of benzene rings is 1. The predicted octanol–water partition coefficient (Wildman–Crippen LogP) is 3.04. The maximum absolute atomic E-state index is 10.8. The van der Waals surface area contributed by atoms with Crippen molar-refractivity contribution < 1.29 is 9.85 Å². The largest absolute Gasteiger partial charge is 0.358 e. The van der Waals surface area contributed by atoms with Crippen LogP contribution in [0.15, 0.2) is 40.7 Å². The zero-order chi connectivity index (χ0) is 18.7. The van der Waals surface area contributed by atoms with Crippen molar-refractivity contribution in [1.82, 2.24) is 19.7 Å². The quantitative estimate of drug-likeness (QED) is 0.365. The van der Waals surface area contributed by atoms with Crippen molar-refractivity contribution in [3.8, 4) is 10.8 Å². The molecular weight excluding hydrogens is 364 g/mol. The number of nitrogens with zero attached hydrogens (tertiary/aromatic N) is 8. The summed E-state index contributed by atoms with van der Waals surface area (Å²) in [4.78, 5) is 24.4. The van der Waals surface area contributed by atoms with Crippen LogP contribution in [0.4, 0.5) is 16.6 Å². The molecule has 1 aromatic carbocycles. The first-order chi connectivity index (χ1) is 12.5. The highest BCUT2D eigenvalue weighted by Gasteiger charge is 2.21. The Morgan fingerprint density at radius 2 is 1.88 bits per heavy atom. The topological polar surface area (TPSA) is 155 Å². The summed E-state index contributed by atoms with van der Waals surface area (Å²) in [6.07, 6.45) is 1.15. The van der Waals surface area contributed by atoms with E-state index in [0.717, 1.165) is 23.1 Å². The number of hydrogen-bond donors (Lipinski definition) is 0. The molecule has 0 amide bonds. The van der Waals surface area contributed by atoms with Crippen LogP contribution >= 0.6 is 11.3 Å². The molecule has 0 atom stereocenters. The molecule has 0 aliphatic rings. The fourth-order valence-corrected chi connectivity index (χ4v) is 2.73. The number of non-ortho nitro benzene ring substituents is 1. The minimum Gasteiger partial charge on any atom is -0.358 e. The monoisotopic (exact) mass is 374 g/mol. The first-order valence-corrected chi connectivity index (χ1v) is 7.88. The Morgan fingerprint density at radius 1 is 1.15 bits per heavy atom. The lowest BCUT2D eigenvalue weighted by Crippen LogP contribution is -1.98. The average Bonchev–Trinajstić information content (AvgIpc) is 3.21.